The summed E-state index contributed by atoms with van der Waals surface area (Å²) in [5.41, 5.74) is 1.18. The predicted molar refractivity (Wildman–Crippen MR) is 64.2 cm³/mol. The molecular formula is C10H6ClFIN. The molecule has 0 spiro atoms. The molecule has 1 aromatic heterocycles. The first-order valence-electron chi connectivity index (χ1n) is 4.00. The van der Waals surface area contributed by atoms with Crippen LogP contribution in [-0.2, 0) is 0 Å². The maximum atomic E-state index is 13.2. The Morgan fingerprint density at radius 2 is 2.14 bits per heavy atom. The van der Waals surface area contributed by atoms with Crippen LogP contribution in [0.2, 0.25) is 5.02 Å². The van der Waals surface area contributed by atoms with Gasteiger partial charge in [-0.1, -0.05) is 11.6 Å². The van der Waals surface area contributed by atoms with Gasteiger partial charge in [-0.05, 0) is 41.6 Å². The van der Waals surface area contributed by atoms with Crippen LogP contribution in [0.15, 0.2) is 18.3 Å². The summed E-state index contributed by atoms with van der Waals surface area (Å²) in [5.74, 6) is -0.248. The number of aryl methyl sites for hydroxylation is 1. The van der Waals surface area contributed by atoms with Crippen LogP contribution < -0.4 is 0 Å². The third-order valence-electron chi connectivity index (χ3n) is 2.12. The number of benzene rings is 1. The lowest BCUT2D eigenvalue weighted by atomic mass is 10.1. The number of pyridine rings is 1. The van der Waals surface area contributed by atoms with Crippen LogP contribution in [0.1, 0.15) is 5.56 Å². The van der Waals surface area contributed by atoms with Crippen LogP contribution >= 0.6 is 34.2 Å². The maximum absolute atomic E-state index is 13.2. The molecule has 1 aromatic carbocycles. The second kappa shape index (κ2) is 3.62. The Hall–Kier alpha value is -0.420. The van der Waals surface area contributed by atoms with E-state index in [0.717, 1.165) is 8.96 Å². The van der Waals surface area contributed by atoms with Crippen LogP contribution in [0.4, 0.5) is 4.39 Å². The van der Waals surface area contributed by atoms with Gasteiger partial charge in [0.05, 0.1) is 14.1 Å². The van der Waals surface area contributed by atoms with Crippen molar-refractivity contribution in [1.82, 2.24) is 4.98 Å². The molecule has 4 heteroatoms. The maximum Gasteiger partial charge on any atom is 0.128 e. The zero-order valence-electron chi connectivity index (χ0n) is 7.31. The van der Waals surface area contributed by atoms with Crippen molar-refractivity contribution in [3.63, 3.8) is 0 Å². The van der Waals surface area contributed by atoms with Gasteiger partial charge in [0.2, 0.25) is 0 Å². The van der Waals surface area contributed by atoms with E-state index in [1.807, 2.05) is 0 Å². The van der Waals surface area contributed by atoms with E-state index in [1.165, 1.54) is 6.07 Å². The third-order valence-corrected chi connectivity index (χ3v) is 3.66. The molecule has 0 radical (unpaired) electrons. The molecule has 0 saturated heterocycles. The molecule has 0 bridgehead atoms. The molecule has 0 fully saturated rings. The van der Waals surface area contributed by atoms with Gasteiger partial charge in [-0.3, -0.25) is 4.98 Å². The first kappa shape index (κ1) is 10.1. The highest BCUT2D eigenvalue weighted by Gasteiger charge is 2.09. The van der Waals surface area contributed by atoms with Crippen molar-refractivity contribution in [1.29, 1.82) is 0 Å². The van der Waals surface area contributed by atoms with Gasteiger partial charge in [0.25, 0.3) is 0 Å². The fourth-order valence-corrected chi connectivity index (χ4v) is 1.96. The van der Waals surface area contributed by atoms with E-state index in [1.54, 1.807) is 19.2 Å². The van der Waals surface area contributed by atoms with E-state index >= 15 is 0 Å². The summed E-state index contributed by atoms with van der Waals surface area (Å²) in [6.45, 7) is 1.70. The fraction of sp³-hybridized carbons (Fsp3) is 0.100. The van der Waals surface area contributed by atoms with Crippen LogP contribution in [0, 0.1) is 16.3 Å². The van der Waals surface area contributed by atoms with E-state index in [-0.39, 0.29) is 5.82 Å². The number of rotatable bonds is 0. The van der Waals surface area contributed by atoms with Crippen molar-refractivity contribution in [2.45, 2.75) is 6.92 Å². The Morgan fingerprint density at radius 1 is 1.43 bits per heavy atom. The first-order valence-corrected chi connectivity index (χ1v) is 5.45. The second-order valence-corrected chi connectivity index (χ2v) is 4.53. The van der Waals surface area contributed by atoms with E-state index in [4.69, 9.17) is 11.6 Å². The molecule has 0 unspecified atom stereocenters. The topological polar surface area (TPSA) is 12.9 Å². The number of aromatic nitrogens is 1. The lowest BCUT2D eigenvalue weighted by Crippen LogP contribution is -1.90. The summed E-state index contributed by atoms with van der Waals surface area (Å²) in [7, 11) is 0. The SMILES string of the molecule is Cc1c(F)ccc2c(Cl)c(I)cnc12. The van der Waals surface area contributed by atoms with Crippen molar-refractivity contribution in [3.8, 4) is 0 Å². The molecule has 1 nitrogen and oxygen atoms in total. The smallest absolute Gasteiger partial charge is 0.128 e. The average Bonchev–Trinajstić information content (AvgIpc) is 2.17. The summed E-state index contributed by atoms with van der Waals surface area (Å²) < 4.78 is 14.1. The summed E-state index contributed by atoms with van der Waals surface area (Å²) in [5, 5.41) is 1.44. The van der Waals surface area contributed by atoms with E-state index < -0.39 is 0 Å². The molecule has 14 heavy (non-hydrogen) atoms. The standard InChI is InChI=1S/C10H6ClFIN/c1-5-7(12)3-2-6-9(11)8(13)4-14-10(5)6/h2-4H,1H3. The molecule has 2 aromatic rings. The highest BCUT2D eigenvalue weighted by Crippen LogP contribution is 2.29. The molecule has 1 heterocycles. The van der Waals surface area contributed by atoms with Crippen LogP contribution in [-0.4, -0.2) is 4.98 Å². The monoisotopic (exact) mass is 321 g/mol. The molecule has 0 atom stereocenters. The lowest BCUT2D eigenvalue weighted by molar-refractivity contribution is 0.620. The largest absolute Gasteiger partial charge is 0.255 e. The van der Waals surface area contributed by atoms with Crippen molar-refractivity contribution in [3.05, 3.63) is 38.3 Å². The van der Waals surface area contributed by atoms with Crippen molar-refractivity contribution < 1.29 is 4.39 Å². The summed E-state index contributed by atoms with van der Waals surface area (Å²) in [6, 6.07) is 3.08. The Balaban J connectivity index is 2.94. The zero-order valence-corrected chi connectivity index (χ0v) is 10.2. The summed E-state index contributed by atoms with van der Waals surface area (Å²) >= 11 is 8.18. The number of hydrogen-bond acceptors (Lipinski definition) is 1. The normalized spacial score (nSPS) is 10.9. The molecular weight excluding hydrogens is 315 g/mol. The second-order valence-electron chi connectivity index (χ2n) is 2.99. The molecule has 0 N–H and O–H groups in total. The molecule has 0 amide bonds. The Bertz CT molecular complexity index is 466. The predicted octanol–water partition coefficient (Wildman–Crippen LogP) is 3.94. The van der Waals surface area contributed by atoms with E-state index in [0.29, 0.717) is 16.1 Å². The molecule has 72 valence electrons. The number of halogens is 3. The first-order chi connectivity index (χ1) is 6.61. The minimum absolute atomic E-state index is 0.248. The minimum atomic E-state index is -0.248. The summed E-state index contributed by atoms with van der Waals surface area (Å²) in [4.78, 5) is 4.17. The fourth-order valence-electron chi connectivity index (χ4n) is 1.33. The van der Waals surface area contributed by atoms with Gasteiger partial charge < -0.3 is 0 Å². The number of hydrogen-bond donors (Lipinski definition) is 0. The van der Waals surface area contributed by atoms with Gasteiger partial charge in [0.1, 0.15) is 5.82 Å². The van der Waals surface area contributed by atoms with Gasteiger partial charge in [0, 0.05) is 17.1 Å². The summed E-state index contributed by atoms with van der Waals surface area (Å²) in [6.07, 6.45) is 1.65. The van der Waals surface area contributed by atoms with Gasteiger partial charge in [-0.25, -0.2) is 4.39 Å². The zero-order chi connectivity index (χ0) is 10.3. The van der Waals surface area contributed by atoms with Gasteiger partial charge in [-0.15, -0.1) is 0 Å². The minimum Gasteiger partial charge on any atom is -0.255 e. The van der Waals surface area contributed by atoms with Gasteiger partial charge >= 0.3 is 0 Å². The van der Waals surface area contributed by atoms with Crippen molar-refractivity contribution in [2.24, 2.45) is 0 Å². The molecule has 2 rings (SSSR count). The Kier molecular flexibility index (Phi) is 2.62. The lowest BCUT2D eigenvalue weighted by Gasteiger charge is -2.05. The quantitative estimate of drug-likeness (QED) is 0.670. The highest BCUT2D eigenvalue weighted by atomic mass is 127. The molecule has 0 aliphatic rings. The van der Waals surface area contributed by atoms with Crippen LogP contribution in [0.25, 0.3) is 10.9 Å². The highest BCUT2D eigenvalue weighted by molar-refractivity contribution is 14.1. The van der Waals surface area contributed by atoms with Crippen molar-refractivity contribution >= 4 is 45.1 Å². The van der Waals surface area contributed by atoms with E-state index in [9.17, 15) is 4.39 Å². The van der Waals surface area contributed by atoms with Crippen LogP contribution in [0.5, 0.6) is 0 Å². The third kappa shape index (κ3) is 1.48. The Labute approximate surface area is 99.4 Å². The number of fused-ring (bicyclic) bond motifs is 1. The van der Waals surface area contributed by atoms with Gasteiger partial charge in [0.15, 0.2) is 0 Å². The number of nitrogens with zero attached hydrogens (tertiary/aromatic N) is 1. The van der Waals surface area contributed by atoms with E-state index in [2.05, 4.69) is 27.6 Å². The molecule has 0 aliphatic heterocycles. The van der Waals surface area contributed by atoms with Gasteiger partial charge in [-0.2, -0.15) is 0 Å². The Morgan fingerprint density at radius 3 is 2.86 bits per heavy atom. The molecule has 0 saturated carbocycles. The van der Waals surface area contributed by atoms with Crippen LogP contribution in [0.3, 0.4) is 0 Å². The average molecular weight is 322 g/mol. The molecule has 0 aliphatic carbocycles. The van der Waals surface area contributed by atoms with Crippen molar-refractivity contribution in [2.75, 3.05) is 0 Å².